The summed E-state index contributed by atoms with van der Waals surface area (Å²) in [6.07, 6.45) is 2.96. The second-order valence-corrected chi connectivity index (χ2v) is 7.20. The zero-order valence-electron chi connectivity index (χ0n) is 16.4. The zero-order chi connectivity index (χ0) is 20.3. The van der Waals surface area contributed by atoms with E-state index in [1.807, 2.05) is 25.3 Å². The van der Waals surface area contributed by atoms with Gasteiger partial charge >= 0.3 is 0 Å². The van der Waals surface area contributed by atoms with Crippen LogP contribution in [0.4, 0.5) is 0 Å². The van der Waals surface area contributed by atoms with Gasteiger partial charge in [-0.2, -0.15) is 4.91 Å². The van der Waals surface area contributed by atoms with Crippen LogP contribution < -0.4 is 19.6 Å². The summed E-state index contributed by atoms with van der Waals surface area (Å²) in [6.45, 7) is 2.39. The van der Waals surface area contributed by atoms with E-state index >= 15 is 0 Å². The molecule has 3 rings (SSSR count). The molecule has 2 aromatic carbocycles. The van der Waals surface area contributed by atoms with E-state index in [0.717, 1.165) is 16.7 Å². The highest BCUT2D eigenvalue weighted by molar-refractivity contribution is 7.98. The van der Waals surface area contributed by atoms with Crippen molar-refractivity contribution in [2.75, 3.05) is 27.1 Å². The fourth-order valence-corrected chi connectivity index (χ4v) is 4.13. The van der Waals surface area contributed by atoms with Gasteiger partial charge in [-0.3, -0.25) is 4.79 Å². The number of hydrogen-bond donors (Lipinski definition) is 0. The minimum atomic E-state index is -0.608. The van der Waals surface area contributed by atoms with E-state index in [1.165, 1.54) is 17.8 Å². The molecule has 0 N–H and O–H groups in total. The third-order valence-corrected chi connectivity index (χ3v) is 5.67. The largest absolute Gasteiger partial charge is 0.492 e. The van der Waals surface area contributed by atoms with Crippen molar-refractivity contribution in [1.29, 1.82) is 0 Å². The molecule has 0 spiro atoms. The molecule has 0 saturated heterocycles. The van der Waals surface area contributed by atoms with Crippen molar-refractivity contribution in [2.45, 2.75) is 30.7 Å². The van der Waals surface area contributed by atoms with Gasteiger partial charge in [0.25, 0.3) is 0 Å². The molecule has 0 saturated carbocycles. The van der Waals surface area contributed by atoms with Crippen LogP contribution in [0.2, 0.25) is 0 Å². The average Bonchev–Trinajstić information content (AvgIpc) is 2.95. The molecule has 0 unspecified atom stereocenters. The molecule has 1 atom stereocenters. The summed E-state index contributed by atoms with van der Waals surface area (Å²) in [7, 11) is 3.13. The average molecular weight is 401 g/mol. The highest BCUT2D eigenvalue weighted by atomic mass is 32.2. The Hall–Kier alpha value is -2.54. The molecule has 0 aliphatic heterocycles. The van der Waals surface area contributed by atoms with Gasteiger partial charge in [0.1, 0.15) is 6.04 Å². The van der Waals surface area contributed by atoms with E-state index in [-0.39, 0.29) is 5.43 Å². The zero-order valence-corrected chi connectivity index (χ0v) is 17.2. The van der Waals surface area contributed by atoms with Crippen molar-refractivity contribution in [3.63, 3.8) is 0 Å². The maximum absolute atomic E-state index is 12.6. The summed E-state index contributed by atoms with van der Waals surface area (Å²) in [5, 5.41) is 3.31. The second kappa shape index (κ2) is 8.65. The van der Waals surface area contributed by atoms with Crippen LogP contribution in [0.15, 0.2) is 39.1 Å². The van der Waals surface area contributed by atoms with Crippen molar-refractivity contribution in [1.82, 2.24) is 0 Å². The van der Waals surface area contributed by atoms with Gasteiger partial charge in [0.15, 0.2) is 16.9 Å². The number of methoxy groups -OCH3 is 2. The standard InChI is InChI=1S/C21H23NO5S/c1-5-27-17-10-12-6-8-15(22-24)14-11-16(23)18(28-4)9-7-13(14)19(12)21(26-3)20(17)25-2/h7,9-11,15H,5-6,8H2,1-4H3/t15-/m0/s1. The first-order valence-electron chi connectivity index (χ1n) is 9.05. The van der Waals surface area contributed by atoms with Crippen molar-refractivity contribution in [2.24, 2.45) is 5.18 Å². The van der Waals surface area contributed by atoms with Crippen LogP contribution >= 0.6 is 11.8 Å². The number of ether oxygens (including phenoxy) is 3. The van der Waals surface area contributed by atoms with Crippen molar-refractivity contribution >= 4 is 11.8 Å². The molecule has 1 aliphatic rings. The Bertz CT molecular complexity index is 960. The first-order valence-corrected chi connectivity index (χ1v) is 10.3. The third-order valence-electron chi connectivity index (χ3n) is 4.90. The number of rotatable bonds is 6. The Kier molecular flexibility index (Phi) is 6.24. The van der Waals surface area contributed by atoms with Crippen molar-refractivity contribution in [3.05, 3.63) is 50.5 Å². The van der Waals surface area contributed by atoms with Crippen LogP contribution in [-0.4, -0.2) is 27.1 Å². The van der Waals surface area contributed by atoms with Gasteiger partial charge in [0.2, 0.25) is 5.75 Å². The molecule has 0 fully saturated rings. The predicted molar refractivity (Wildman–Crippen MR) is 111 cm³/mol. The van der Waals surface area contributed by atoms with E-state index in [9.17, 15) is 9.70 Å². The minimum Gasteiger partial charge on any atom is -0.492 e. The molecule has 0 aromatic heterocycles. The Balaban J connectivity index is 2.42. The van der Waals surface area contributed by atoms with E-state index in [2.05, 4.69) is 5.18 Å². The third kappa shape index (κ3) is 3.46. The van der Waals surface area contributed by atoms with Crippen molar-refractivity contribution < 1.29 is 14.2 Å². The predicted octanol–water partition coefficient (Wildman–Crippen LogP) is 4.61. The number of hydrogen-bond acceptors (Lipinski definition) is 7. The van der Waals surface area contributed by atoms with E-state index in [4.69, 9.17) is 14.2 Å². The SMILES string of the molecule is CCOc1cc2c(c(OC)c1OC)-c1ccc(SC)c(=O)cc1[C@@H](N=O)CC2. The van der Waals surface area contributed by atoms with Gasteiger partial charge in [-0.25, -0.2) is 0 Å². The summed E-state index contributed by atoms with van der Waals surface area (Å²) in [5.74, 6) is 1.61. The van der Waals surface area contributed by atoms with Gasteiger partial charge in [0, 0.05) is 5.56 Å². The molecule has 1 aliphatic carbocycles. The van der Waals surface area contributed by atoms with Crippen LogP contribution in [-0.2, 0) is 6.42 Å². The van der Waals surface area contributed by atoms with Crippen LogP contribution in [0.1, 0.15) is 30.5 Å². The van der Waals surface area contributed by atoms with Gasteiger partial charge in [-0.15, -0.1) is 11.8 Å². The quantitative estimate of drug-likeness (QED) is 0.520. The minimum absolute atomic E-state index is 0.122. The van der Waals surface area contributed by atoms with Crippen LogP contribution in [0.25, 0.3) is 11.1 Å². The normalized spacial score (nSPS) is 15.1. The lowest BCUT2D eigenvalue weighted by molar-refractivity contribution is 0.296. The molecular weight excluding hydrogens is 378 g/mol. The molecule has 0 heterocycles. The molecule has 2 aromatic rings. The van der Waals surface area contributed by atoms with Gasteiger partial charge in [-0.1, -0.05) is 11.2 Å². The summed E-state index contributed by atoms with van der Waals surface area (Å²) >= 11 is 1.37. The first-order chi connectivity index (χ1) is 13.6. The molecule has 6 nitrogen and oxygen atoms in total. The molecule has 0 bridgehead atoms. The number of aryl methyl sites for hydroxylation is 1. The smallest absolute Gasteiger partial charge is 0.203 e. The number of nitroso groups, excluding NO2 is 1. The Morgan fingerprint density at radius 1 is 1.18 bits per heavy atom. The molecule has 28 heavy (non-hydrogen) atoms. The summed E-state index contributed by atoms with van der Waals surface area (Å²) < 4.78 is 17.1. The van der Waals surface area contributed by atoms with Crippen molar-refractivity contribution in [3.8, 4) is 28.4 Å². The molecule has 0 radical (unpaired) electrons. The molecule has 148 valence electrons. The fraction of sp³-hybridized carbons (Fsp3) is 0.381. The molecule has 7 heteroatoms. The van der Waals surface area contributed by atoms with Gasteiger partial charge in [-0.05, 0) is 60.9 Å². The maximum atomic E-state index is 12.6. The highest BCUT2D eigenvalue weighted by Gasteiger charge is 2.29. The summed E-state index contributed by atoms with van der Waals surface area (Å²) in [6, 6.07) is 6.50. The number of benzene rings is 1. The lowest BCUT2D eigenvalue weighted by atomic mass is 9.95. The summed E-state index contributed by atoms with van der Waals surface area (Å²) in [5.41, 5.74) is 3.03. The van der Waals surface area contributed by atoms with Gasteiger partial charge in [0.05, 0.1) is 25.7 Å². The van der Waals surface area contributed by atoms with Crippen LogP contribution in [0.3, 0.4) is 0 Å². The molecule has 0 amide bonds. The Morgan fingerprint density at radius 3 is 2.54 bits per heavy atom. The maximum Gasteiger partial charge on any atom is 0.203 e. The van der Waals surface area contributed by atoms with E-state index in [0.29, 0.717) is 47.2 Å². The van der Waals surface area contributed by atoms with E-state index < -0.39 is 6.04 Å². The summed E-state index contributed by atoms with van der Waals surface area (Å²) in [4.78, 5) is 24.8. The van der Waals surface area contributed by atoms with Gasteiger partial charge < -0.3 is 14.2 Å². The Morgan fingerprint density at radius 2 is 1.93 bits per heavy atom. The van der Waals surface area contributed by atoms with Crippen LogP contribution in [0.5, 0.6) is 17.2 Å². The lowest BCUT2D eigenvalue weighted by Crippen LogP contribution is -2.02. The Labute approximate surface area is 168 Å². The molecular formula is C21H23NO5S. The number of nitrogens with zero attached hydrogens (tertiary/aromatic N) is 1. The topological polar surface area (TPSA) is 74.2 Å². The fourth-order valence-electron chi connectivity index (χ4n) is 3.67. The highest BCUT2D eigenvalue weighted by Crippen LogP contribution is 2.50. The monoisotopic (exact) mass is 401 g/mol. The van der Waals surface area contributed by atoms with Crippen LogP contribution in [0, 0.1) is 4.91 Å². The number of fused-ring (bicyclic) bond motifs is 3. The number of thioether (sulfide) groups is 1. The lowest BCUT2D eigenvalue weighted by Gasteiger charge is -2.19. The van der Waals surface area contributed by atoms with E-state index in [1.54, 1.807) is 20.3 Å². The first kappa shape index (κ1) is 20.2. The second-order valence-electron chi connectivity index (χ2n) is 6.35.